The summed E-state index contributed by atoms with van der Waals surface area (Å²) in [4.78, 5) is 12.7. The van der Waals surface area contributed by atoms with Crippen LogP contribution >= 0.6 is 22.9 Å². The molecule has 0 aliphatic carbocycles. The standard InChI is InChI=1S/C12H17ClN2OS/c13-11-4-3-10(17-11)5-7-14-9-2-1-6-15-12(16)8-9/h3-4,9,14H,1-2,5-8H2,(H,15,16). The lowest BCUT2D eigenvalue weighted by Crippen LogP contribution is -2.33. The fourth-order valence-corrected chi connectivity index (χ4v) is 3.12. The summed E-state index contributed by atoms with van der Waals surface area (Å²) >= 11 is 7.50. The average Bonchev–Trinajstić information content (AvgIpc) is 2.58. The number of rotatable bonds is 4. The molecule has 94 valence electrons. The number of carbonyl (C=O) groups excluding carboxylic acids is 1. The van der Waals surface area contributed by atoms with Gasteiger partial charge in [-0.2, -0.15) is 0 Å². The van der Waals surface area contributed by atoms with Crippen LogP contribution in [0.2, 0.25) is 4.34 Å². The van der Waals surface area contributed by atoms with Crippen LogP contribution in [0.15, 0.2) is 12.1 Å². The van der Waals surface area contributed by atoms with Crippen LogP contribution in [-0.2, 0) is 11.2 Å². The van der Waals surface area contributed by atoms with E-state index in [2.05, 4.69) is 16.7 Å². The van der Waals surface area contributed by atoms with Gasteiger partial charge < -0.3 is 10.6 Å². The number of halogens is 1. The van der Waals surface area contributed by atoms with Crippen LogP contribution in [0.3, 0.4) is 0 Å². The Bertz CT molecular complexity index is 380. The van der Waals surface area contributed by atoms with Crippen LogP contribution in [0.1, 0.15) is 24.1 Å². The molecule has 1 unspecified atom stereocenters. The highest BCUT2D eigenvalue weighted by atomic mass is 35.5. The Morgan fingerprint density at radius 1 is 1.53 bits per heavy atom. The van der Waals surface area contributed by atoms with Crippen molar-refractivity contribution in [1.29, 1.82) is 0 Å². The maximum absolute atomic E-state index is 11.4. The second kappa shape index (κ2) is 6.38. The highest BCUT2D eigenvalue weighted by Gasteiger charge is 2.16. The van der Waals surface area contributed by atoms with Gasteiger partial charge in [0.25, 0.3) is 0 Å². The zero-order chi connectivity index (χ0) is 12.1. The van der Waals surface area contributed by atoms with E-state index in [4.69, 9.17) is 11.6 Å². The maximum atomic E-state index is 11.4. The van der Waals surface area contributed by atoms with Gasteiger partial charge in [0.05, 0.1) is 4.34 Å². The first-order valence-corrected chi connectivity index (χ1v) is 7.18. The SMILES string of the molecule is O=C1CC(NCCc2ccc(Cl)s2)CCCN1. The Labute approximate surface area is 111 Å². The predicted molar refractivity (Wildman–Crippen MR) is 71.7 cm³/mol. The molecule has 2 N–H and O–H groups in total. The van der Waals surface area contributed by atoms with Crippen LogP contribution in [0.4, 0.5) is 0 Å². The molecular weight excluding hydrogens is 256 g/mol. The number of nitrogens with one attached hydrogen (secondary N) is 2. The second-order valence-corrected chi connectivity index (χ2v) is 6.10. The molecule has 1 atom stereocenters. The van der Waals surface area contributed by atoms with E-state index in [1.807, 2.05) is 6.07 Å². The summed E-state index contributed by atoms with van der Waals surface area (Å²) < 4.78 is 0.842. The quantitative estimate of drug-likeness (QED) is 0.882. The molecule has 3 nitrogen and oxygen atoms in total. The Balaban J connectivity index is 1.72. The molecule has 0 saturated carbocycles. The predicted octanol–water partition coefficient (Wildman–Crippen LogP) is 2.20. The van der Waals surface area contributed by atoms with Crippen LogP contribution in [0.25, 0.3) is 0 Å². The number of thiophene rings is 1. The van der Waals surface area contributed by atoms with Gasteiger partial charge in [0.15, 0.2) is 0 Å². The molecule has 0 bridgehead atoms. The first-order valence-electron chi connectivity index (χ1n) is 5.98. The summed E-state index contributed by atoms with van der Waals surface area (Å²) in [5.74, 6) is 0.166. The van der Waals surface area contributed by atoms with Crippen molar-refractivity contribution in [1.82, 2.24) is 10.6 Å². The maximum Gasteiger partial charge on any atom is 0.221 e. The Morgan fingerprint density at radius 3 is 3.18 bits per heavy atom. The van der Waals surface area contributed by atoms with E-state index >= 15 is 0 Å². The normalized spacial score (nSPS) is 21.0. The Kier molecular flexibility index (Phi) is 4.83. The molecule has 0 aromatic carbocycles. The highest BCUT2D eigenvalue weighted by molar-refractivity contribution is 7.16. The average molecular weight is 273 g/mol. The molecule has 5 heteroatoms. The smallest absolute Gasteiger partial charge is 0.221 e. The molecule has 1 aliphatic heterocycles. The van der Waals surface area contributed by atoms with Gasteiger partial charge in [-0.15, -0.1) is 11.3 Å². The number of carbonyl (C=O) groups is 1. The summed E-state index contributed by atoms with van der Waals surface area (Å²) in [6.45, 7) is 1.73. The number of hydrogen-bond acceptors (Lipinski definition) is 3. The van der Waals surface area contributed by atoms with E-state index in [-0.39, 0.29) is 5.91 Å². The van der Waals surface area contributed by atoms with Crippen LogP contribution in [-0.4, -0.2) is 25.0 Å². The van der Waals surface area contributed by atoms with Crippen molar-refractivity contribution in [3.05, 3.63) is 21.3 Å². The first kappa shape index (κ1) is 12.9. The molecule has 17 heavy (non-hydrogen) atoms. The van der Waals surface area contributed by atoms with Gasteiger partial charge in [-0.1, -0.05) is 11.6 Å². The van der Waals surface area contributed by atoms with E-state index < -0.39 is 0 Å². The lowest BCUT2D eigenvalue weighted by molar-refractivity contribution is -0.121. The summed E-state index contributed by atoms with van der Waals surface area (Å²) in [6.07, 6.45) is 3.72. The van der Waals surface area contributed by atoms with Crippen LogP contribution in [0, 0.1) is 0 Å². The van der Waals surface area contributed by atoms with Crippen molar-refractivity contribution in [2.45, 2.75) is 31.7 Å². The van der Waals surface area contributed by atoms with Crippen molar-refractivity contribution >= 4 is 28.8 Å². The van der Waals surface area contributed by atoms with Crippen molar-refractivity contribution < 1.29 is 4.79 Å². The van der Waals surface area contributed by atoms with Crippen molar-refractivity contribution in [2.75, 3.05) is 13.1 Å². The van der Waals surface area contributed by atoms with Gasteiger partial charge in [-0.05, 0) is 31.4 Å². The summed E-state index contributed by atoms with van der Waals surface area (Å²) in [5.41, 5.74) is 0. The molecule has 2 rings (SSSR count). The fraction of sp³-hybridized carbons (Fsp3) is 0.583. The molecule has 1 aromatic rings. The van der Waals surface area contributed by atoms with Crippen molar-refractivity contribution in [2.24, 2.45) is 0 Å². The minimum Gasteiger partial charge on any atom is -0.356 e. The molecule has 1 saturated heterocycles. The van der Waals surface area contributed by atoms with E-state index in [1.54, 1.807) is 11.3 Å². The summed E-state index contributed by atoms with van der Waals surface area (Å²) in [5, 5.41) is 6.34. The highest BCUT2D eigenvalue weighted by Crippen LogP contribution is 2.21. The van der Waals surface area contributed by atoms with Gasteiger partial charge in [0.1, 0.15) is 0 Å². The molecule has 1 amide bonds. The zero-order valence-electron chi connectivity index (χ0n) is 9.67. The second-order valence-electron chi connectivity index (χ2n) is 4.30. The molecule has 1 aromatic heterocycles. The van der Waals surface area contributed by atoms with Gasteiger partial charge in [-0.25, -0.2) is 0 Å². The molecule has 2 heterocycles. The number of hydrogen-bond donors (Lipinski definition) is 2. The van der Waals surface area contributed by atoms with Crippen molar-refractivity contribution in [3.63, 3.8) is 0 Å². The lowest BCUT2D eigenvalue weighted by atomic mass is 10.1. The van der Waals surface area contributed by atoms with Crippen molar-refractivity contribution in [3.8, 4) is 0 Å². The topological polar surface area (TPSA) is 41.1 Å². The van der Waals surface area contributed by atoms with E-state index in [9.17, 15) is 4.79 Å². The molecule has 1 fully saturated rings. The zero-order valence-corrected chi connectivity index (χ0v) is 11.2. The van der Waals surface area contributed by atoms with E-state index in [1.165, 1.54) is 4.88 Å². The van der Waals surface area contributed by atoms with Gasteiger partial charge in [-0.3, -0.25) is 4.79 Å². The first-order chi connectivity index (χ1) is 8.24. The summed E-state index contributed by atoms with van der Waals surface area (Å²) in [7, 11) is 0. The van der Waals surface area contributed by atoms with E-state index in [0.29, 0.717) is 12.5 Å². The largest absolute Gasteiger partial charge is 0.356 e. The fourth-order valence-electron chi connectivity index (χ4n) is 2.03. The lowest BCUT2D eigenvalue weighted by Gasteiger charge is -2.14. The van der Waals surface area contributed by atoms with E-state index in [0.717, 1.165) is 36.7 Å². The third-order valence-corrected chi connectivity index (χ3v) is 4.21. The third-order valence-electron chi connectivity index (χ3n) is 2.92. The van der Waals surface area contributed by atoms with Gasteiger partial charge in [0, 0.05) is 30.4 Å². The van der Waals surface area contributed by atoms with Gasteiger partial charge >= 0.3 is 0 Å². The monoisotopic (exact) mass is 272 g/mol. The molecule has 0 radical (unpaired) electrons. The van der Waals surface area contributed by atoms with Gasteiger partial charge in [0.2, 0.25) is 5.91 Å². The molecule has 0 spiro atoms. The Morgan fingerprint density at radius 2 is 2.41 bits per heavy atom. The van der Waals surface area contributed by atoms with Crippen LogP contribution < -0.4 is 10.6 Å². The number of amides is 1. The van der Waals surface area contributed by atoms with Crippen LogP contribution in [0.5, 0.6) is 0 Å². The Hall–Kier alpha value is -0.580. The minimum absolute atomic E-state index is 0.166. The molecule has 1 aliphatic rings. The summed E-state index contributed by atoms with van der Waals surface area (Å²) in [6, 6.07) is 4.32. The third kappa shape index (κ3) is 4.30. The minimum atomic E-state index is 0.166. The molecular formula is C12H17ClN2OS.